The van der Waals surface area contributed by atoms with Crippen molar-refractivity contribution in [2.75, 3.05) is 32.0 Å². The Labute approximate surface area is 127 Å². The van der Waals surface area contributed by atoms with Gasteiger partial charge in [0.1, 0.15) is 0 Å². The van der Waals surface area contributed by atoms with Gasteiger partial charge in [-0.2, -0.15) is 0 Å². The molecule has 3 atom stereocenters. The standard InChI is InChI=1S/C14H28N2O4S/c1-3-8-21(18,19)15-12-10-20-13(14(12)17)9-16-6-4-11(2)5-7-16/h11-15,17H,3-10H2,1-2H3. The van der Waals surface area contributed by atoms with Gasteiger partial charge in [0.25, 0.3) is 0 Å². The molecule has 2 fully saturated rings. The zero-order valence-electron chi connectivity index (χ0n) is 13.0. The van der Waals surface area contributed by atoms with E-state index in [4.69, 9.17) is 4.74 Å². The molecule has 0 aromatic rings. The lowest BCUT2D eigenvalue weighted by molar-refractivity contribution is 0.00897. The molecule has 3 unspecified atom stereocenters. The number of aliphatic hydroxyl groups is 1. The van der Waals surface area contributed by atoms with Gasteiger partial charge >= 0.3 is 0 Å². The van der Waals surface area contributed by atoms with Gasteiger partial charge in [-0.3, -0.25) is 0 Å². The van der Waals surface area contributed by atoms with Crippen LogP contribution in [0.3, 0.4) is 0 Å². The molecule has 21 heavy (non-hydrogen) atoms. The molecule has 124 valence electrons. The van der Waals surface area contributed by atoms with Gasteiger partial charge in [0.2, 0.25) is 10.0 Å². The summed E-state index contributed by atoms with van der Waals surface area (Å²) in [5.74, 6) is 0.856. The van der Waals surface area contributed by atoms with Crippen molar-refractivity contribution in [3.05, 3.63) is 0 Å². The van der Waals surface area contributed by atoms with Gasteiger partial charge in [-0.05, 0) is 38.3 Å². The Kier molecular flexibility index (Phi) is 6.02. The monoisotopic (exact) mass is 320 g/mol. The molecule has 0 aromatic heterocycles. The molecule has 0 amide bonds. The topological polar surface area (TPSA) is 78.9 Å². The van der Waals surface area contributed by atoms with Gasteiger partial charge < -0.3 is 14.7 Å². The van der Waals surface area contributed by atoms with Crippen LogP contribution in [0, 0.1) is 5.92 Å². The second-order valence-corrected chi connectivity index (χ2v) is 8.26. The summed E-state index contributed by atoms with van der Waals surface area (Å²) in [4.78, 5) is 2.30. The van der Waals surface area contributed by atoms with Gasteiger partial charge in [-0.25, -0.2) is 13.1 Å². The van der Waals surface area contributed by atoms with E-state index in [9.17, 15) is 13.5 Å². The first-order valence-electron chi connectivity index (χ1n) is 7.93. The van der Waals surface area contributed by atoms with Crippen LogP contribution in [0.1, 0.15) is 33.1 Å². The summed E-state index contributed by atoms with van der Waals surface area (Å²) >= 11 is 0. The van der Waals surface area contributed by atoms with Crippen LogP contribution in [0.2, 0.25) is 0 Å². The molecular formula is C14H28N2O4S. The highest BCUT2D eigenvalue weighted by Crippen LogP contribution is 2.21. The van der Waals surface area contributed by atoms with Gasteiger partial charge in [0.15, 0.2) is 0 Å². The Morgan fingerprint density at radius 2 is 2.00 bits per heavy atom. The van der Waals surface area contributed by atoms with Gasteiger partial charge in [0.05, 0.1) is 30.6 Å². The number of nitrogens with zero attached hydrogens (tertiary/aromatic N) is 1. The van der Waals surface area contributed by atoms with E-state index >= 15 is 0 Å². The van der Waals surface area contributed by atoms with E-state index in [0.29, 0.717) is 13.0 Å². The first kappa shape index (κ1) is 17.1. The molecule has 0 spiro atoms. The van der Waals surface area contributed by atoms with Crippen molar-refractivity contribution in [3.63, 3.8) is 0 Å². The summed E-state index contributed by atoms with van der Waals surface area (Å²) in [5, 5.41) is 10.3. The summed E-state index contributed by atoms with van der Waals surface area (Å²) in [6.45, 7) is 7.07. The lowest BCUT2D eigenvalue weighted by Gasteiger charge is -2.32. The second kappa shape index (κ2) is 7.37. The first-order chi connectivity index (χ1) is 9.91. The normalized spacial score (nSPS) is 32.6. The Morgan fingerprint density at radius 3 is 2.62 bits per heavy atom. The number of aliphatic hydroxyl groups excluding tert-OH is 1. The lowest BCUT2D eigenvalue weighted by atomic mass is 9.98. The van der Waals surface area contributed by atoms with Crippen molar-refractivity contribution in [3.8, 4) is 0 Å². The van der Waals surface area contributed by atoms with E-state index in [0.717, 1.165) is 19.0 Å². The summed E-state index contributed by atoms with van der Waals surface area (Å²) in [5.41, 5.74) is 0. The van der Waals surface area contributed by atoms with Crippen molar-refractivity contribution in [1.29, 1.82) is 0 Å². The van der Waals surface area contributed by atoms with Crippen molar-refractivity contribution in [2.45, 2.75) is 51.4 Å². The van der Waals surface area contributed by atoms with Crippen LogP contribution < -0.4 is 4.72 Å². The average Bonchev–Trinajstić information content (AvgIpc) is 2.73. The third kappa shape index (κ3) is 4.89. The zero-order chi connectivity index (χ0) is 15.5. The summed E-state index contributed by atoms with van der Waals surface area (Å²) < 4.78 is 31.7. The molecule has 0 saturated carbocycles. The summed E-state index contributed by atoms with van der Waals surface area (Å²) in [6.07, 6.45) is 1.85. The van der Waals surface area contributed by atoms with Crippen LogP contribution in [0.15, 0.2) is 0 Å². The molecule has 0 aliphatic carbocycles. The van der Waals surface area contributed by atoms with Crippen molar-refractivity contribution in [1.82, 2.24) is 9.62 Å². The maximum Gasteiger partial charge on any atom is 0.212 e. The van der Waals surface area contributed by atoms with Crippen molar-refractivity contribution >= 4 is 10.0 Å². The van der Waals surface area contributed by atoms with Crippen molar-refractivity contribution < 1.29 is 18.3 Å². The SMILES string of the molecule is CCCS(=O)(=O)NC1COC(CN2CCC(C)CC2)C1O. The molecule has 2 aliphatic heterocycles. The molecule has 0 aromatic carbocycles. The molecule has 6 nitrogen and oxygen atoms in total. The second-order valence-electron chi connectivity index (χ2n) is 6.39. The fourth-order valence-electron chi connectivity index (χ4n) is 3.01. The van der Waals surface area contributed by atoms with Crippen LogP contribution in [0.5, 0.6) is 0 Å². The quantitative estimate of drug-likeness (QED) is 0.730. The highest BCUT2D eigenvalue weighted by atomic mass is 32.2. The smallest absolute Gasteiger partial charge is 0.212 e. The molecule has 0 bridgehead atoms. The number of sulfonamides is 1. The number of nitrogens with one attached hydrogen (secondary N) is 1. The van der Waals surface area contributed by atoms with Crippen LogP contribution in [0.4, 0.5) is 0 Å². The van der Waals surface area contributed by atoms with Gasteiger partial charge in [-0.1, -0.05) is 13.8 Å². The fraction of sp³-hybridized carbons (Fsp3) is 1.00. The number of hydrogen-bond acceptors (Lipinski definition) is 5. The maximum atomic E-state index is 11.8. The molecular weight excluding hydrogens is 292 g/mol. The number of likely N-dealkylation sites (tertiary alicyclic amines) is 1. The molecule has 2 N–H and O–H groups in total. The van der Waals surface area contributed by atoms with E-state index in [1.165, 1.54) is 12.8 Å². The number of rotatable bonds is 6. The Hall–Kier alpha value is -0.210. The van der Waals surface area contributed by atoms with Crippen molar-refractivity contribution in [2.24, 2.45) is 5.92 Å². The number of piperidine rings is 1. The average molecular weight is 320 g/mol. The number of ether oxygens (including phenoxy) is 1. The van der Waals surface area contributed by atoms with E-state index in [1.807, 2.05) is 6.92 Å². The third-order valence-corrected chi connectivity index (χ3v) is 6.01. The van der Waals surface area contributed by atoms with Crippen LogP contribution in [0.25, 0.3) is 0 Å². The van der Waals surface area contributed by atoms with Gasteiger partial charge in [0, 0.05) is 6.54 Å². The largest absolute Gasteiger partial charge is 0.389 e. The molecule has 2 heterocycles. The highest BCUT2D eigenvalue weighted by molar-refractivity contribution is 7.89. The highest BCUT2D eigenvalue weighted by Gasteiger charge is 2.38. The molecule has 0 radical (unpaired) electrons. The third-order valence-electron chi connectivity index (χ3n) is 4.40. The predicted molar refractivity (Wildman–Crippen MR) is 81.6 cm³/mol. The Morgan fingerprint density at radius 1 is 1.33 bits per heavy atom. The van der Waals surface area contributed by atoms with E-state index in [1.54, 1.807) is 0 Å². The zero-order valence-corrected chi connectivity index (χ0v) is 13.8. The lowest BCUT2D eigenvalue weighted by Crippen LogP contribution is -2.48. The summed E-state index contributed by atoms with van der Waals surface area (Å²) in [6, 6.07) is -0.518. The minimum Gasteiger partial charge on any atom is -0.389 e. The molecule has 2 aliphatic rings. The molecule has 7 heteroatoms. The Bertz CT molecular complexity index is 421. The van der Waals surface area contributed by atoms with Crippen LogP contribution >= 0.6 is 0 Å². The molecule has 2 saturated heterocycles. The number of hydrogen-bond donors (Lipinski definition) is 2. The summed E-state index contributed by atoms with van der Waals surface area (Å²) in [7, 11) is -3.32. The van der Waals surface area contributed by atoms with E-state index in [2.05, 4.69) is 16.5 Å². The minimum absolute atomic E-state index is 0.0882. The molecule has 2 rings (SSSR count). The van der Waals surface area contributed by atoms with E-state index in [-0.39, 0.29) is 18.5 Å². The van der Waals surface area contributed by atoms with Crippen LogP contribution in [-0.2, 0) is 14.8 Å². The minimum atomic E-state index is -3.32. The Balaban J connectivity index is 1.82. The maximum absolute atomic E-state index is 11.8. The van der Waals surface area contributed by atoms with Crippen LogP contribution in [-0.4, -0.2) is 68.7 Å². The van der Waals surface area contributed by atoms with E-state index < -0.39 is 22.2 Å². The fourth-order valence-corrected chi connectivity index (χ4v) is 4.33. The first-order valence-corrected chi connectivity index (χ1v) is 9.58. The predicted octanol–water partition coefficient (Wildman–Crippen LogP) is 0.176. The van der Waals surface area contributed by atoms with Gasteiger partial charge in [-0.15, -0.1) is 0 Å².